The van der Waals surface area contributed by atoms with Gasteiger partial charge in [-0.1, -0.05) is 149 Å². The molecule has 2 aliphatic rings. The molecule has 0 radical (unpaired) electrons. The molecule has 0 spiro atoms. The Morgan fingerprint density at radius 3 is 1.14 bits per heavy atom. The van der Waals surface area contributed by atoms with Crippen LogP contribution in [0.5, 0.6) is 0 Å². The van der Waals surface area contributed by atoms with Crippen molar-refractivity contribution >= 4 is 43.6 Å². The third-order valence-corrected chi connectivity index (χ3v) is 13.3. The Kier molecular flexibility index (Phi) is 6.22. The first kappa shape index (κ1) is 31.7. The molecule has 0 unspecified atom stereocenters. The zero-order valence-electron chi connectivity index (χ0n) is 32.1. The normalized spacial score (nSPS) is 14.7. The molecule has 266 valence electrons. The van der Waals surface area contributed by atoms with Crippen molar-refractivity contribution in [3.63, 3.8) is 0 Å². The molecule has 56 heavy (non-hydrogen) atoms. The molecule has 0 fully saturated rings. The summed E-state index contributed by atoms with van der Waals surface area (Å²) in [6.07, 6.45) is 0. The van der Waals surface area contributed by atoms with E-state index in [1.54, 1.807) is 0 Å². The number of rotatable bonds is 3. The minimum atomic E-state index is -0.0711. The lowest BCUT2D eigenvalue weighted by Gasteiger charge is -2.22. The van der Waals surface area contributed by atoms with Gasteiger partial charge in [-0.25, -0.2) is 0 Å². The van der Waals surface area contributed by atoms with Crippen molar-refractivity contribution < 1.29 is 0 Å². The van der Waals surface area contributed by atoms with Crippen LogP contribution in [-0.2, 0) is 10.8 Å². The fraction of sp³-hybridized carbons (Fsp3) is 0.111. The van der Waals surface area contributed by atoms with Gasteiger partial charge in [0.15, 0.2) is 0 Å². The number of benzene rings is 8. The first-order valence-corrected chi connectivity index (χ1v) is 19.9. The van der Waals surface area contributed by atoms with Crippen molar-refractivity contribution in [1.82, 2.24) is 9.13 Å². The van der Waals surface area contributed by atoms with Gasteiger partial charge in [0.2, 0.25) is 0 Å². The maximum atomic E-state index is 2.48. The number of para-hydroxylation sites is 2. The van der Waals surface area contributed by atoms with Gasteiger partial charge < -0.3 is 9.13 Å². The Hall–Kier alpha value is -6.64. The topological polar surface area (TPSA) is 9.86 Å². The molecule has 0 N–H and O–H groups in total. The van der Waals surface area contributed by atoms with E-state index < -0.39 is 0 Å². The van der Waals surface area contributed by atoms with Crippen molar-refractivity contribution in [1.29, 1.82) is 0 Å². The number of nitrogens with zero attached hydrogens (tertiary/aromatic N) is 2. The maximum Gasteiger partial charge on any atom is 0.0547 e. The summed E-state index contributed by atoms with van der Waals surface area (Å²) in [4.78, 5) is 0. The van der Waals surface area contributed by atoms with Crippen LogP contribution in [0.3, 0.4) is 0 Å². The highest BCUT2D eigenvalue weighted by Gasteiger charge is 2.37. The van der Waals surface area contributed by atoms with E-state index in [4.69, 9.17) is 0 Å². The van der Waals surface area contributed by atoms with Crippen molar-refractivity contribution in [3.8, 4) is 44.8 Å². The molecule has 0 bridgehead atoms. The van der Waals surface area contributed by atoms with E-state index in [9.17, 15) is 0 Å². The molecular formula is C54H40N2. The van der Waals surface area contributed by atoms with E-state index in [1.165, 1.54) is 111 Å². The average molecular weight is 717 g/mol. The van der Waals surface area contributed by atoms with Crippen LogP contribution in [0, 0.1) is 0 Å². The minimum absolute atomic E-state index is 0.0711. The second-order valence-electron chi connectivity index (χ2n) is 17.0. The van der Waals surface area contributed by atoms with Crippen molar-refractivity contribution in [2.45, 2.75) is 38.5 Å². The number of aromatic nitrogens is 2. The Morgan fingerprint density at radius 2 is 0.679 bits per heavy atom. The van der Waals surface area contributed by atoms with E-state index >= 15 is 0 Å². The predicted molar refractivity (Wildman–Crippen MR) is 236 cm³/mol. The Morgan fingerprint density at radius 1 is 0.304 bits per heavy atom. The van der Waals surface area contributed by atoms with E-state index in [0.717, 1.165) is 0 Å². The number of hydrogen-bond donors (Lipinski definition) is 0. The molecule has 2 heterocycles. The first-order chi connectivity index (χ1) is 27.3. The standard InChI is InChI=1S/C54H40N2/c1-53(2)45-17-9-5-13-37(45)39-27-23-35(31-47(39)53)55-49-19-11-7-15-41(49)43-25-21-33(29-51(43)55)34-22-26-44-42-16-8-12-20-50(42)56(52(44)30-34)36-24-28-40-38-14-6-10-18-46(38)54(3,4)48(40)32-36/h5-32H,1-4H3. The lowest BCUT2D eigenvalue weighted by atomic mass is 9.82. The third kappa shape index (κ3) is 4.11. The molecule has 0 aliphatic heterocycles. The van der Waals surface area contributed by atoms with Crippen LogP contribution in [0.2, 0.25) is 0 Å². The molecule has 10 aromatic rings. The van der Waals surface area contributed by atoms with E-state index in [2.05, 4.69) is 207 Å². The quantitative estimate of drug-likeness (QED) is 0.172. The van der Waals surface area contributed by atoms with E-state index in [-0.39, 0.29) is 10.8 Å². The second-order valence-corrected chi connectivity index (χ2v) is 17.0. The zero-order valence-corrected chi connectivity index (χ0v) is 32.1. The molecule has 8 aromatic carbocycles. The summed E-state index contributed by atoms with van der Waals surface area (Å²) in [5.41, 5.74) is 20.5. The molecular weight excluding hydrogens is 677 g/mol. The van der Waals surface area contributed by atoms with Crippen LogP contribution in [0.25, 0.3) is 88.4 Å². The fourth-order valence-electron chi connectivity index (χ4n) is 10.5. The summed E-state index contributed by atoms with van der Waals surface area (Å²) in [5.74, 6) is 0. The maximum absolute atomic E-state index is 2.48. The SMILES string of the molecule is CC1(C)c2ccccc2-c2ccc(-n3c4ccccc4c4ccc(-c5ccc6c7ccccc7n(-c7ccc8c(c7)C(C)(C)c7ccccc7-8)c6c5)cc43)cc21. The van der Waals surface area contributed by atoms with E-state index in [0.29, 0.717) is 0 Å². The highest BCUT2D eigenvalue weighted by Crippen LogP contribution is 2.51. The Labute approximate surface area is 326 Å². The molecule has 2 aliphatic carbocycles. The van der Waals surface area contributed by atoms with Gasteiger partial charge in [0, 0.05) is 43.7 Å². The highest BCUT2D eigenvalue weighted by atomic mass is 15.0. The molecule has 12 rings (SSSR count). The molecule has 0 saturated carbocycles. The molecule has 0 amide bonds. The third-order valence-electron chi connectivity index (χ3n) is 13.3. The lowest BCUT2D eigenvalue weighted by molar-refractivity contribution is 0.660. The molecule has 2 nitrogen and oxygen atoms in total. The van der Waals surface area contributed by atoms with Crippen LogP contribution in [-0.4, -0.2) is 9.13 Å². The zero-order chi connectivity index (χ0) is 37.5. The van der Waals surface area contributed by atoms with Gasteiger partial charge in [-0.15, -0.1) is 0 Å². The summed E-state index contributed by atoms with van der Waals surface area (Å²) in [5, 5.41) is 5.08. The predicted octanol–water partition coefficient (Wildman–Crippen LogP) is 14.2. The summed E-state index contributed by atoms with van der Waals surface area (Å²) >= 11 is 0. The van der Waals surface area contributed by atoms with Gasteiger partial charge >= 0.3 is 0 Å². The lowest BCUT2D eigenvalue weighted by Crippen LogP contribution is -2.15. The van der Waals surface area contributed by atoms with Gasteiger partial charge in [-0.3, -0.25) is 0 Å². The Bertz CT molecular complexity index is 3090. The van der Waals surface area contributed by atoms with Crippen molar-refractivity contribution in [3.05, 3.63) is 192 Å². The van der Waals surface area contributed by atoms with Gasteiger partial charge in [-0.05, 0) is 104 Å². The van der Waals surface area contributed by atoms with E-state index in [1.807, 2.05) is 0 Å². The van der Waals surface area contributed by atoms with Gasteiger partial charge in [0.1, 0.15) is 0 Å². The van der Waals surface area contributed by atoms with Gasteiger partial charge in [0.25, 0.3) is 0 Å². The van der Waals surface area contributed by atoms with Crippen molar-refractivity contribution in [2.24, 2.45) is 0 Å². The summed E-state index contributed by atoms with van der Waals surface area (Å²) in [6.45, 7) is 9.46. The monoisotopic (exact) mass is 716 g/mol. The molecule has 2 heteroatoms. The minimum Gasteiger partial charge on any atom is -0.309 e. The van der Waals surface area contributed by atoms with Gasteiger partial charge in [-0.2, -0.15) is 0 Å². The van der Waals surface area contributed by atoms with Crippen LogP contribution in [0.15, 0.2) is 170 Å². The summed E-state index contributed by atoms with van der Waals surface area (Å²) in [6, 6.07) is 63.8. The highest BCUT2D eigenvalue weighted by molar-refractivity contribution is 6.12. The fourth-order valence-corrected chi connectivity index (χ4v) is 10.5. The van der Waals surface area contributed by atoms with Crippen LogP contribution in [0.4, 0.5) is 0 Å². The Balaban J connectivity index is 1.05. The second kappa shape index (κ2) is 11.0. The first-order valence-electron chi connectivity index (χ1n) is 19.9. The number of hydrogen-bond acceptors (Lipinski definition) is 0. The number of fused-ring (bicyclic) bond motifs is 12. The van der Waals surface area contributed by atoms with Crippen molar-refractivity contribution in [2.75, 3.05) is 0 Å². The molecule has 2 aromatic heterocycles. The summed E-state index contributed by atoms with van der Waals surface area (Å²) in [7, 11) is 0. The van der Waals surface area contributed by atoms with Crippen LogP contribution < -0.4 is 0 Å². The molecule has 0 saturated heterocycles. The van der Waals surface area contributed by atoms with Crippen LogP contribution in [0.1, 0.15) is 49.9 Å². The molecule has 0 atom stereocenters. The average Bonchev–Trinajstić information content (AvgIpc) is 3.89. The van der Waals surface area contributed by atoms with Crippen LogP contribution >= 0.6 is 0 Å². The smallest absolute Gasteiger partial charge is 0.0547 e. The largest absolute Gasteiger partial charge is 0.309 e. The summed E-state index contributed by atoms with van der Waals surface area (Å²) < 4.78 is 4.96. The van der Waals surface area contributed by atoms with Gasteiger partial charge in [0.05, 0.1) is 22.1 Å².